The summed E-state index contributed by atoms with van der Waals surface area (Å²) in [6, 6.07) is 10.7. The molecule has 1 aromatic heterocycles. The van der Waals surface area contributed by atoms with Gasteiger partial charge in [-0.05, 0) is 52.9 Å². The van der Waals surface area contributed by atoms with E-state index in [-0.39, 0.29) is 11.7 Å². The van der Waals surface area contributed by atoms with E-state index in [1.54, 1.807) is 36.3 Å². The first-order chi connectivity index (χ1) is 9.58. The van der Waals surface area contributed by atoms with E-state index in [0.29, 0.717) is 18.5 Å². The number of hydrogen-bond acceptors (Lipinski definition) is 3. The summed E-state index contributed by atoms with van der Waals surface area (Å²) in [7, 11) is 1.73. The monoisotopic (exact) mass is 382 g/mol. The Morgan fingerprint density at radius 2 is 2.15 bits per heavy atom. The standard InChI is InChI=1S/C15H15IN2O2/c1-18(9-7-12-4-2-3-8-17-12)15(20)13-10-11(16)5-6-14(13)19/h2-6,8,10,19H,7,9H2,1H3. The van der Waals surface area contributed by atoms with E-state index in [4.69, 9.17) is 0 Å². The van der Waals surface area contributed by atoms with E-state index in [2.05, 4.69) is 27.6 Å². The van der Waals surface area contributed by atoms with Gasteiger partial charge in [0.25, 0.3) is 5.91 Å². The number of aromatic hydroxyl groups is 1. The van der Waals surface area contributed by atoms with E-state index in [0.717, 1.165) is 9.26 Å². The maximum absolute atomic E-state index is 12.3. The van der Waals surface area contributed by atoms with Crippen molar-refractivity contribution in [3.8, 4) is 5.75 Å². The van der Waals surface area contributed by atoms with Crippen LogP contribution in [0, 0.1) is 3.57 Å². The molecule has 0 aliphatic heterocycles. The van der Waals surface area contributed by atoms with Crippen LogP contribution in [0.1, 0.15) is 16.1 Å². The molecule has 104 valence electrons. The molecule has 0 spiro atoms. The number of pyridine rings is 1. The Kier molecular flexibility index (Phi) is 4.94. The van der Waals surface area contributed by atoms with E-state index < -0.39 is 0 Å². The summed E-state index contributed by atoms with van der Waals surface area (Å²) in [6.07, 6.45) is 2.43. The number of halogens is 1. The number of phenolic OH excluding ortho intramolecular Hbond substituents is 1. The lowest BCUT2D eigenvalue weighted by atomic mass is 10.1. The van der Waals surface area contributed by atoms with Crippen LogP contribution in [0.25, 0.3) is 0 Å². The summed E-state index contributed by atoms with van der Waals surface area (Å²) in [4.78, 5) is 18.1. The SMILES string of the molecule is CN(CCc1ccccn1)C(=O)c1cc(I)ccc1O. The summed E-state index contributed by atoms with van der Waals surface area (Å²) < 4.78 is 0.918. The minimum absolute atomic E-state index is 0.0140. The van der Waals surface area contributed by atoms with Crippen molar-refractivity contribution in [1.82, 2.24) is 9.88 Å². The van der Waals surface area contributed by atoms with Crippen molar-refractivity contribution in [2.24, 2.45) is 0 Å². The molecule has 0 saturated carbocycles. The molecule has 0 aliphatic rings. The zero-order chi connectivity index (χ0) is 14.5. The van der Waals surface area contributed by atoms with Crippen LogP contribution < -0.4 is 0 Å². The van der Waals surface area contributed by atoms with E-state index in [9.17, 15) is 9.90 Å². The van der Waals surface area contributed by atoms with Gasteiger partial charge in [0, 0.05) is 35.5 Å². The highest BCUT2D eigenvalue weighted by atomic mass is 127. The number of carbonyl (C=O) groups is 1. The molecular weight excluding hydrogens is 367 g/mol. The molecule has 20 heavy (non-hydrogen) atoms. The molecule has 1 amide bonds. The summed E-state index contributed by atoms with van der Waals surface area (Å²) in [5.74, 6) is -0.169. The van der Waals surface area contributed by atoms with Crippen molar-refractivity contribution in [2.45, 2.75) is 6.42 Å². The minimum atomic E-state index is -0.183. The molecule has 5 heteroatoms. The van der Waals surface area contributed by atoms with Gasteiger partial charge in [0.2, 0.25) is 0 Å². The fourth-order valence-corrected chi connectivity index (χ4v) is 2.31. The zero-order valence-corrected chi connectivity index (χ0v) is 13.2. The third kappa shape index (κ3) is 3.69. The Hall–Kier alpha value is -1.63. The Bertz CT molecular complexity index is 602. The normalized spacial score (nSPS) is 10.3. The van der Waals surface area contributed by atoms with Crippen molar-refractivity contribution < 1.29 is 9.90 Å². The first-order valence-electron chi connectivity index (χ1n) is 6.22. The number of carbonyl (C=O) groups excluding carboxylic acids is 1. The third-order valence-corrected chi connectivity index (χ3v) is 3.64. The summed E-state index contributed by atoms with van der Waals surface area (Å²) in [6.45, 7) is 0.556. The number of benzene rings is 1. The number of nitrogens with zero attached hydrogens (tertiary/aromatic N) is 2. The second-order valence-corrected chi connectivity index (χ2v) is 5.70. The van der Waals surface area contributed by atoms with Crippen LogP contribution in [0.5, 0.6) is 5.75 Å². The van der Waals surface area contributed by atoms with Gasteiger partial charge in [-0.25, -0.2) is 0 Å². The first kappa shape index (κ1) is 14.8. The van der Waals surface area contributed by atoms with Crippen LogP contribution in [0.3, 0.4) is 0 Å². The maximum atomic E-state index is 12.3. The van der Waals surface area contributed by atoms with Crippen LogP contribution in [0.2, 0.25) is 0 Å². The number of rotatable bonds is 4. The lowest BCUT2D eigenvalue weighted by molar-refractivity contribution is 0.0793. The maximum Gasteiger partial charge on any atom is 0.257 e. The highest BCUT2D eigenvalue weighted by Crippen LogP contribution is 2.21. The fourth-order valence-electron chi connectivity index (χ4n) is 1.81. The third-order valence-electron chi connectivity index (χ3n) is 2.97. The minimum Gasteiger partial charge on any atom is -0.507 e. The van der Waals surface area contributed by atoms with Crippen LogP contribution in [-0.4, -0.2) is 34.5 Å². The molecule has 1 N–H and O–H groups in total. The van der Waals surface area contributed by atoms with E-state index >= 15 is 0 Å². The number of phenols is 1. The Balaban J connectivity index is 2.03. The van der Waals surface area contributed by atoms with Crippen LogP contribution in [0.4, 0.5) is 0 Å². The predicted molar refractivity (Wildman–Crippen MR) is 85.7 cm³/mol. The lowest BCUT2D eigenvalue weighted by Gasteiger charge is -2.17. The molecule has 0 radical (unpaired) electrons. The summed E-state index contributed by atoms with van der Waals surface area (Å²) in [5, 5.41) is 9.78. The van der Waals surface area contributed by atoms with Gasteiger partial charge in [-0.2, -0.15) is 0 Å². The molecule has 0 saturated heterocycles. The highest BCUT2D eigenvalue weighted by molar-refractivity contribution is 14.1. The van der Waals surface area contributed by atoms with Gasteiger partial charge in [-0.3, -0.25) is 9.78 Å². The molecule has 2 aromatic rings. The van der Waals surface area contributed by atoms with Crippen LogP contribution in [-0.2, 0) is 6.42 Å². The molecule has 1 aromatic carbocycles. The predicted octanol–water partition coefficient (Wildman–Crippen LogP) is 2.71. The Morgan fingerprint density at radius 3 is 2.85 bits per heavy atom. The molecule has 0 unspecified atom stereocenters. The zero-order valence-electron chi connectivity index (χ0n) is 11.1. The number of likely N-dealkylation sites (N-methyl/N-ethyl adjacent to an activating group) is 1. The molecule has 1 heterocycles. The van der Waals surface area contributed by atoms with Crippen LogP contribution in [0.15, 0.2) is 42.6 Å². The molecule has 0 aliphatic carbocycles. The number of hydrogen-bond donors (Lipinski definition) is 1. The second-order valence-electron chi connectivity index (χ2n) is 4.46. The van der Waals surface area contributed by atoms with Crippen LogP contribution >= 0.6 is 22.6 Å². The van der Waals surface area contributed by atoms with Crippen molar-refractivity contribution >= 4 is 28.5 Å². The molecule has 0 fully saturated rings. The Labute approximate surface area is 131 Å². The molecule has 0 bridgehead atoms. The first-order valence-corrected chi connectivity index (χ1v) is 7.29. The Morgan fingerprint density at radius 1 is 1.35 bits per heavy atom. The van der Waals surface area contributed by atoms with Gasteiger partial charge in [0.1, 0.15) is 5.75 Å². The average Bonchev–Trinajstić information content (AvgIpc) is 2.47. The van der Waals surface area contributed by atoms with E-state index in [1.807, 2.05) is 18.2 Å². The topological polar surface area (TPSA) is 53.4 Å². The van der Waals surface area contributed by atoms with Crippen molar-refractivity contribution in [1.29, 1.82) is 0 Å². The molecule has 2 rings (SSSR count). The van der Waals surface area contributed by atoms with Gasteiger partial charge in [-0.1, -0.05) is 6.07 Å². The van der Waals surface area contributed by atoms with Gasteiger partial charge < -0.3 is 10.0 Å². The van der Waals surface area contributed by atoms with Crippen molar-refractivity contribution in [3.63, 3.8) is 0 Å². The largest absolute Gasteiger partial charge is 0.507 e. The van der Waals surface area contributed by atoms with Gasteiger partial charge >= 0.3 is 0 Å². The summed E-state index contributed by atoms with van der Waals surface area (Å²) >= 11 is 2.12. The smallest absolute Gasteiger partial charge is 0.257 e. The molecule has 0 atom stereocenters. The van der Waals surface area contributed by atoms with Gasteiger partial charge in [-0.15, -0.1) is 0 Å². The average molecular weight is 382 g/mol. The molecular formula is C15H15IN2O2. The number of amides is 1. The summed E-state index contributed by atoms with van der Waals surface area (Å²) in [5.41, 5.74) is 1.28. The van der Waals surface area contributed by atoms with Gasteiger partial charge in [0.15, 0.2) is 0 Å². The quantitative estimate of drug-likeness (QED) is 0.828. The van der Waals surface area contributed by atoms with Crippen molar-refractivity contribution in [2.75, 3.05) is 13.6 Å². The number of aromatic nitrogens is 1. The van der Waals surface area contributed by atoms with E-state index in [1.165, 1.54) is 0 Å². The lowest BCUT2D eigenvalue weighted by Crippen LogP contribution is -2.29. The molecule has 4 nitrogen and oxygen atoms in total. The fraction of sp³-hybridized carbons (Fsp3) is 0.200. The van der Waals surface area contributed by atoms with Crippen molar-refractivity contribution in [3.05, 3.63) is 57.4 Å². The highest BCUT2D eigenvalue weighted by Gasteiger charge is 2.16. The second kappa shape index (κ2) is 6.69. The van der Waals surface area contributed by atoms with Gasteiger partial charge in [0.05, 0.1) is 5.56 Å².